The molecule has 11 nitrogen and oxygen atoms in total. The summed E-state index contributed by atoms with van der Waals surface area (Å²) in [6.07, 6.45) is 4.34. The van der Waals surface area contributed by atoms with Crippen LogP contribution in [0.25, 0.3) is 5.52 Å². The molecule has 1 saturated heterocycles. The first-order chi connectivity index (χ1) is 20.4. The van der Waals surface area contributed by atoms with Gasteiger partial charge in [0, 0.05) is 24.8 Å². The van der Waals surface area contributed by atoms with Crippen LogP contribution in [0.3, 0.4) is 0 Å². The van der Waals surface area contributed by atoms with Gasteiger partial charge in [0.2, 0.25) is 0 Å². The second-order valence-electron chi connectivity index (χ2n) is 11.9. The second kappa shape index (κ2) is 11.6. The average Bonchev–Trinajstić information content (AvgIpc) is 3.56. The number of nitrogens with zero attached hydrogens (tertiary/aromatic N) is 7. The molecular weight excluding hydrogens is 558 g/mol. The Balaban J connectivity index is 1.42. The zero-order chi connectivity index (χ0) is 30.9. The van der Waals surface area contributed by atoms with E-state index in [1.54, 1.807) is 24.1 Å². The molecule has 0 aromatic carbocycles. The maximum Gasteiger partial charge on any atom is 0.410 e. The molecule has 1 saturated carbocycles. The molecule has 13 heteroatoms. The van der Waals surface area contributed by atoms with Crippen LogP contribution in [0.4, 0.5) is 13.6 Å². The summed E-state index contributed by atoms with van der Waals surface area (Å²) in [6.45, 7) is 8.29. The van der Waals surface area contributed by atoms with E-state index in [-0.39, 0.29) is 42.0 Å². The van der Waals surface area contributed by atoms with Crippen LogP contribution in [0.15, 0.2) is 46.9 Å². The number of nitriles is 1. The maximum atomic E-state index is 15.6. The number of hydrogen-bond donors (Lipinski definition) is 1. The number of carbonyl (C=O) groups excluding carboxylic acids is 1. The van der Waals surface area contributed by atoms with Crippen molar-refractivity contribution in [1.82, 2.24) is 19.5 Å². The summed E-state index contributed by atoms with van der Waals surface area (Å²) in [6, 6.07) is 6.23. The standard InChI is InChI=1S/C30H34F2N8O3/c1-18(37-22-7-11-39(12-8-22)28(41)43-29(2,3)4)25(38-34)19-13-24(26-20(14-33)15-36-40(26)17-19)42-27(30(32)9-10-30)23-6-5-21(31)16-35-23/h5-6,13,15-17,22,27H,7-12,34H2,1-4H3/b37-18?,38-25+. The van der Waals surface area contributed by atoms with Crippen molar-refractivity contribution in [2.24, 2.45) is 15.9 Å². The fourth-order valence-electron chi connectivity index (χ4n) is 5.08. The summed E-state index contributed by atoms with van der Waals surface area (Å²) >= 11 is 0. The highest BCUT2D eigenvalue weighted by Crippen LogP contribution is 2.51. The number of alkyl halides is 1. The number of rotatable bonds is 7. The first-order valence-corrected chi connectivity index (χ1v) is 14.1. The summed E-state index contributed by atoms with van der Waals surface area (Å²) in [4.78, 5) is 23.0. The summed E-state index contributed by atoms with van der Waals surface area (Å²) in [7, 11) is 0. The number of piperidine rings is 1. The van der Waals surface area contributed by atoms with Gasteiger partial charge in [-0.15, -0.1) is 0 Å². The van der Waals surface area contributed by atoms with Gasteiger partial charge < -0.3 is 20.2 Å². The zero-order valence-electron chi connectivity index (χ0n) is 24.5. The minimum Gasteiger partial charge on any atom is -0.478 e. The van der Waals surface area contributed by atoms with Crippen LogP contribution in [0.2, 0.25) is 0 Å². The van der Waals surface area contributed by atoms with Crippen molar-refractivity contribution in [3.05, 3.63) is 59.4 Å². The molecule has 2 aliphatic rings. The number of aliphatic imine (C=N–C) groups is 1. The Kier molecular flexibility index (Phi) is 8.05. The molecule has 0 bridgehead atoms. The van der Waals surface area contributed by atoms with Crippen LogP contribution in [-0.4, -0.2) is 67.4 Å². The van der Waals surface area contributed by atoms with Gasteiger partial charge in [-0.2, -0.15) is 15.5 Å². The maximum absolute atomic E-state index is 15.6. The first-order valence-electron chi connectivity index (χ1n) is 14.1. The van der Waals surface area contributed by atoms with E-state index >= 15 is 4.39 Å². The number of halogens is 2. The number of pyridine rings is 2. The Bertz CT molecular complexity index is 1610. The van der Waals surface area contributed by atoms with Crippen molar-refractivity contribution in [2.75, 3.05) is 13.1 Å². The normalized spacial score (nSPS) is 18.3. The quantitative estimate of drug-likeness (QED) is 0.234. The van der Waals surface area contributed by atoms with Gasteiger partial charge in [-0.3, -0.25) is 9.98 Å². The number of carbonyl (C=O) groups is 1. The van der Waals surface area contributed by atoms with Crippen molar-refractivity contribution < 1.29 is 23.0 Å². The van der Waals surface area contributed by atoms with Crippen molar-refractivity contribution in [3.63, 3.8) is 0 Å². The number of nitrogens with two attached hydrogens (primary N) is 1. The van der Waals surface area contributed by atoms with Gasteiger partial charge in [-0.1, -0.05) is 0 Å². The summed E-state index contributed by atoms with van der Waals surface area (Å²) < 4.78 is 42.4. The predicted molar refractivity (Wildman–Crippen MR) is 155 cm³/mol. The van der Waals surface area contributed by atoms with E-state index in [9.17, 15) is 14.4 Å². The molecule has 1 unspecified atom stereocenters. The minimum absolute atomic E-state index is 0.0695. The third kappa shape index (κ3) is 6.58. The van der Waals surface area contributed by atoms with E-state index < -0.39 is 23.2 Å². The van der Waals surface area contributed by atoms with E-state index in [2.05, 4.69) is 21.3 Å². The van der Waals surface area contributed by atoms with E-state index in [0.29, 0.717) is 48.4 Å². The fourth-order valence-corrected chi connectivity index (χ4v) is 5.08. The topological polar surface area (TPSA) is 143 Å². The van der Waals surface area contributed by atoms with Crippen molar-refractivity contribution in [2.45, 2.75) is 76.8 Å². The van der Waals surface area contributed by atoms with E-state index in [1.807, 2.05) is 20.8 Å². The monoisotopic (exact) mass is 592 g/mol. The van der Waals surface area contributed by atoms with Crippen LogP contribution in [0.5, 0.6) is 5.75 Å². The molecule has 4 heterocycles. The molecule has 1 amide bonds. The van der Waals surface area contributed by atoms with Crippen molar-refractivity contribution in [1.29, 1.82) is 5.26 Å². The lowest BCUT2D eigenvalue weighted by Gasteiger charge is -2.32. The molecule has 3 aromatic heterocycles. The van der Waals surface area contributed by atoms with Crippen LogP contribution < -0.4 is 10.6 Å². The molecule has 0 radical (unpaired) electrons. The average molecular weight is 593 g/mol. The largest absolute Gasteiger partial charge is 0.478 e. The highest BCUT2D eigenvalue weighted by Gasteiger charge is 2.53. The lowest BCUT2D eigenvalue weighted by Crippen LogP contribution is -2.42. The lowest BCUT2D eigenvalue weighted by atomic mass is 10.0. The molecule has 0 spiro atoms. The number of ether oxygens (including phenoxy) is 2. The number of hydrazone groups is 1. The summed E-state index contributed by atoms with van der Waals surface area (Å²) in [5.41, 5.74) is -0.0787. The molecule has 2 N–H and O–H groups in total. The molecule has 2 fully saturated rings. The molecule has 5 rings (SSSR count). The number of hydrogen-bond acceptors (Lipinski definition) is 9. The van der Waals surface area contributed by atoms with Gasteiger partial charge in [-0.05, 0) is 71.6 Å². The molecular formula is C30H34F2N8O3. The van der Waals surface area contributed by atoms with Crippen LogP contribution >= 0.6 is 0 Å². The zero-order valence-corrected chi connectivity index (χ0v) is 24.5. The minimum atomic E-state index is -1.69. The number of amides is 1. The van der Waals surface area contributed by atoms with Gasteiger partial charge in [0.05, 0.1) is 29.8 Å². The van der Waals surface area contributed by atoms with Crippen molar-refractivity contribution in [3.8, 4) is 11.8 Å². The van der Waals surface area contributed by atoms with Crippen molar-refractivity contribution >= 4 is 23.0 Å². The molecule has 1 aliphatic heterocycles. The van der Waals surface area contributed by atoms with Gasteiger partial charge in [-0.25, -0.2) is 18.1 Å². The fraction of sp³-hybridized carbons (Fsp3) is 0.467. The molecule has 226 valence electrons. The first kappa shape index (κ1) is 29.9. The van der Waals surface area contributed by atoms with Gasteiger partial charge >= 0.3 is 6.09 Å². The Morgan fingerprint density at radius 3 is 2.56 bits per heavy atom. The highest BCUT2D eigenvalue weighted by atomic mass is 19.1. The third-order valence-electron chi connectivity index (χ3n) is 7.40. The van der Waals surface area contributed by atoms with E-state index in [4.69, 9.17) is 20.3 Å². The molecule has 1 atom stereocenters. The van der Waals surface area contributed by atoms with Gasteiger partial charge in [0.1, 0.15) is 40.0 Å². The Hall–Kier alpha value is -4.60. The molecule has 1 aliphatic carbocycles. The number of fused-ring (bicyclic) bond motifs is 1. The number of aromatic nitrogens is 3. The van der Waals surface area contributed by atoms with E-state index in [1.165, 1.54) is 22.8 Å². The van der Waals surface area contributed by atoms with Gasteiger partial charge in [0.25, 0.3) is 0 Å². The highest BCUT2D eigenvalue weighted by molar-refractivity contribution is 6.47. The lowest BCUT2D eigenvalue weighted by molar-refractivity contribution is 0.0207. The summed E-state index contributed by atoms with van der Waals surface area (Å²) in [5.74, 6) is 5.48. The molecule has 3 aromatic rings. The molecule has 43 heavy (non-hydrogen) atoms. The van der Waals surface area contributed by atoms with Crippen LogP contribution in [0, 0.1) is 17.1 Å². The third-order valence-corrected chi connectivity index (χ3v) is 7.40. The smallest absolute Gasteiger partial charge is 0.410 e. The summed E-state index contributed by atoms with van der Waals surface area (Å²) in [5, 5.41) is 18.0. The number of likely N-dealkylation sites (tertiary alicyclic amines) is 1. The Morgan fingerprint density at radius 2 is 1.98 bits per heavy atom. The van der Waals surface area contributed by atoms with E-state index in [0.717, 1.165) is 6.20 Å². The Morgan fingerprint density at radius 1 is 1.26 bits per heavy atom. The Labute approximate surface area is 248 Å². The van der Waals surface area contributed by atoms with Crippen LogP contribution in [-0.2, 0) is 4.74 Å². The van der Waals surface area contributed by atoms with Crippen LogP contribution in [0.1, 0.15) is 76.3 Å². The van der Waals surface area contributed by atoms with Gasteiger partial charge in [0.15, 0.2) is 11.8 Å². The SMILES string of the molecule is CC(=NC1CCN(C(=O)OC(C)(C)C)CC1)/C(=N\N)c1cc(OC(c2ccc(F)cn2)C2(F)CC2)c2c(C#N)cnn2c1. The second-order valence-corrected chi connectivity index (χ2v) is 11.9. The predicted octanol–water partition coefficient (Wildman–Crippen LogP) is 4.89.